The smallest absolute Gasteiger partial charge is 0.389 e. The van der Waals surface area contributed by atoms with Crippen molar-refractivity contribution in [3.05, 3.63) is 47.1 Å². The summed E-state index contributed by atoms with van der Waals surface area (Å²) >= 11 is 5.89. The average molecular weight is 598 g/mol. The molecule has 2 saturated heterocycles. The lowest BCUT2D eigenvalue weighted by atomic mass is 10.0. The minimum atomic E-state index is -0.624. The molecule has 2 aromatic heterocycles. The van der Waals surface area contributed by atoms with Crippen LogP contribution >= 0.6 is 11.6 Å². The highest BCUT2D eigenvalue weighted by Gasteiger charge is 2.25. The van der Waals surface area contributed by atoms with Crippen LogP contribution in [0.25, 0.3) is 10.9 Å². The minimum absolute atomic E-state index is 0.0131. The summed E-state index contributed by atoms with van der Waals surface area (Å²) in [6.07, 6.45) is 3.21. The van der Waals surface area contributed by atoms with E-state index < -0.39 is 6.09 Å². The first kappa shape index (κ1) is 29.7. The number of piperidine rings is 1. The Morgan fingerprint density at radius 1 is 1.10 bits per heavy atom. The van der Waals surface area contributed by atoms with Crippen molar-refractivity contribution in [2.24, 2.45) is 0 Å². The molecule has 4 heterocycles. The topological polar surface area (TPSA) is 131 Å². The van der Waals surface area contributed by atoms with E-state index in [0.717, 1.165) is 32.4 Å². The maximum atomic E-state index is 13.3. The third-order valence-electron chi connectivity index (χ3n) is 7.53. The van der Waals surface area contributed by atoms with Gasteiger partial charge in [-0.05, 0) is 63.4 Å². The van der Waals surface area contributed by atoms with Gasteiger partial charge in [-0.3, -0.25) is 14.3 Å². The summed E-state index contributed by atoms with van der Waals surface area (Å²) in [5, 5.41) is 11.0. The number of fused-ring (bicyclic) bond motifs is 1. The van der Waals surface area contributed by atoms with Crippen LogP contribution < -0.4 is 15.4 Å². The highest BCUT2D eigenvalue weighted by molar-refractivity contribution is 6.30. The second-order valence-electron chi connectivity index (χ2n) is 10.8. The number of rotatable bonds is 7. The highest BCUT2D eigenvalue weighted by atomic mass is 35.5. The van der Waals surface area contributed by atoms with Crippen molar-refractivity contribution in [1.82, 2.24) is 29.9 Å². The molecule has 2 aliphatic heterocycles. The molecule has 2 N–H and O–H groups in total. The van der Waals surface area contributed by atoms with Gasteiger partial charge in [-0.15, -0.1) is 5.10 Å². The number of ether oxygens (including phenoxy) is 2. The first-order valence-corrected chi connectivity index (χ1v) is 14.7. The van der Waals surface area contributed by atoms with Crippen LogP contribution in [-0.4, -0.2) is 93.9 Å². The first-order valence-electron chi connectivity index (χ1n) is 14.3. The van der Waals surface area contributed by atoms with Gasteiger partial charge >= 0.3 is 6.09 Å². The van der Waals surface area contributed by atoms with Crippen LogP contribution in [0.15, 0.2) is 36.5 Å². The van der Waals surface area contributed by atoms with Gasteiger partial charge in [0, 0.05) is 56.6 Å². The largest absolute Gasteiger partial charge is 0.414 e. The Labute approximate surface area is 249 Å². The van der Waals surface area contributed by atoms with E-state index in [2.05, 4.69) is 39.5 Å². The van der Waals surface area contributed by atoms with Gasteiger partial charge in [-0.2, -0.15) is 0 Å². The molecule has 5 rings (SSSR count). The molecule has 224 valence electrons. The number of hydrogen-bond donors (Lipinski definition) is 2. The van der Waals surface area contributed by atoms with Gasteiger partial charge in [-0.1, -0.05) is 11.6 Å². The fraction of sp³-hybridized carbons (Fsp3) is 0.483. The van der Waals surface area contributed by atoms with Gasteiger partial charge in [0.05, 0.1) is 22.5 Å². The van der Waals surface area contributed by atoms with Crippen molar-refractivity contribution in [3.8, 4) is 5.88 Å². The number of amides is 3. The first-order chi connectivity index (χ1) is 20.3. The average Bonchev–Trinajstić information content (AvgIpc) is 3.13. The molecule has 12 nitrogen and oxygen atoms in total. The molecule has 0 radical (unpaired) electrons. The van der Waals surface area contributed by atoms with Gasteiger partial charge in [-0.25, -0.2) is 9.78 Å². The molecular weight excluding hydrogens is 562 g/mol. The molecule has 42 heavy (non-hydrogen) atoms. The summed E-state index contributed by atoms with van der Waals surface area (Å²) in [6.45, 7) is 8.13. The van der Waals surface area contributed by atoms with Crippen LogP contribution in [-0.2, 0) is 16.1 Å². The van der Waals surface area contributed by atoms with Gasteiger partial charge in [0.1, 0.15) is 12.4 Å². The zero-order valence-corrected chi connectivity index (χ0v) is 24.6. The number of halogens is 1. The maximum absolute atomic E-state index is 13.3. The molecule has 2 aliphatic rings. The molecule has 3 amide bonds. The molecule has 3 aromatic rings. The number of aromatic nitrogens is 3. The van der Waals surface area contributed by atoms with Crippen LogP contribution in [0.3, 0.4) is 0 Å². The molecule has 0 bridgehead atoms. The molecule has 13 heteroatoms. The maximum Gasteiger partial charge on any atom is 0.414 e. The van der Waals surface area contributed by atoms with Crippen molar-refractivity contribution in [3.63, 3.8) is 0 Å². The SMILES string of the molecule is CC(C)N1CCC(NC(=O)Oc2nn(CC(=O)Nc3ccc(Cl)cn3)c3ccc(C(=O)N4CCCOCC4)cc23)CC1. The number of nitrogens with one attached hydrogen (secondary N) is 2. The lowest BCUT2D eigenvalue weighted by Crippen LogP contribution is -2.47. The standard InChI is InChI=1S/C29H36ClN7O5/c1-19(2)35-11-8-22(9-12-35)32-29(40)42-27-23-16-20(28(39)36-10-3-14-41-15-13-36)4-6-24(23)37(34-27)18-26(38)33-25-7-5-21(30)17-31-25/h4-7,16-17,19,22H,3,8-15,18H2,1-2H3,(H,32,40)(H,31,33,38). The summed E-state index contributed by atoms with van der Waals surface area (Å²) in [7, 11) is 0. The predicted octanol–water partition coefficient (Wildman–Crippen LogP) is 3.55. The lowest BCUT2D eigenvalue weighted by Gasteiger charge is -2.34. The summed E-state index contributed by atoms with van der Waals surface area (Å²) < 4.78 is 12.6. The van der Waals surface area contributed by atoms with E-state index in [4.69, 9.17) is 21.1 Å². The monoisotopic (exact) mass is 597 g/mol. The summed E-state index contributed by atoms with van der Waals surface area (Å²) in [4.78, 5) is 47.3. The number of anilines is 1. The lowest BCUT2D eigenvalue weighted by molar-refractivity contribution is -0.116. The molecule has 0 spiro atoms. The van der Waals surface area contributed by atoms with Crippen molar-refractivity contribution < 1.29 is 23.9 Å². The Hall–Kier alpha value is -3.74. The zero-order valence-electron chi connectivity index (χ0n) is 23.8. The number of hydrogen-bond acceptors (Lipinski definition) is 8. The molecule has 0 unspecified atom stereocenters. The number of likely N-dealkylation sites (tertiary alicyclic amines) is 1. The Kier molecular flexibility index (Phi) is 9.55. The number of carbonyl (C=O) groups excluding carboxylic acids is 3. The van der Waals surface area contributed by atoms with Crippen LogP contribution in [0, 0.1) is 0 Å². The van der Waals surface area contributed by atoms with Crippen LogP contribution in [0.4, 0.5) is 10.6 Å². The number of nitrogens with zero attached hydrogens (tertiary/aromatic N) is 5. The van der Waals surface area contributed by atoms with Crippen molar-refractivity contribution >= 4 is 46.2 Å². The third-order valence-corrected chi connectivity index (χ3v) is 7.76. The van der Waals surface area contributed by atoms with Gasteiger partial charge in [0.15, 0.2) is 0 Å². The van der Waals surface area contributed by atoms with E-state index in [9.17, 15) is 14.4 Å². The van der Waals surface area contributed by atoms with E-state index in [0.29, 0.717) is 59.7 Å². The Morgan fingerprint density at radius 2 is 1.90 bits per heavy atom. The predicted molar refractivity (Wildman–Crippen MR) is 158 cm³/mol. The van der Waals surface area contributed by atoms with E-state index >= 15 is 0 Å². The van der Waals surface area contributed by atoms with E-state index in [1.54, 1.807) is 35.2 Å². The van der Waals surface area contributed by atoms with Crippen molar-refractivity contribution in [1.29, 1.82) is 0 Å². The number of benzene rings is 1. The van der Waals surface area contributed by atoms with Gasteiger partial charge in [0.25, 0.3) is 11.8 Å². The minimum Gasteiger partial charge on any atom is -0.389 e. The summed E-state index contributed by atoms with van der Waals surface area (Å²) in [5.41, 5.74) is 0.975. The summed E-state index contributed by atoms with van der Waals surface area (Å²) in [6, 6.07) is 8.73. The third kappa shape index (κ3) is 7.36. The van der Waals surface area contributed by atoms with Gasteiger partial charge < -0.3 is 29.9 Å². The van der Waals surface area contributed by atoms with Crippen molar-refractivity contribution in [2.75, 3.05) is 44.7 Å². The molecule has 0 saturated carbocycles. The quantitative estimate of drug-likeness (QED) is 0.423. The fourth-order valence-electron chi connectivity index (χ4n) is 5.22. The Morgan fingerprint density at radius 3 is 2.64 bits per heavy atom. The number of carbonyl (C=O) groups is 3. The normalized spacial score (nSPS) is 16.8. The fourth-order valence-corrected chi connectivity index (χ4v) is 5.33. The zero-order chi connectivity index (χ0) is 29.6. The van der Waals surface area contributed by atoms with E-state index in [1.165, 1.54) is 10.9 Å². The molecular formula is C29H36ClN7O5. The summed E-state index contributed by atoms with van der Waals surface area (Å²) in [5.74, 6) is -0.163. The number of pyridine rings is 1. The Balaban J connectivity index is 1.36. The second kappa shape index (κ2) is 13.5. The Bertz CT molecular complexity index is 1410. The molecule has 0 atom stereocenters. The van der Waals surface area contributed by atoms with E-state index in [-0.39, 0.29) is 30.3 Å². The second-order valence-corrected chi connectivity index (χ2v) is 11.2. The molecule has 2 fully saturated rings. The van der Waals surface area contributed by atoms with Crippen LogP contribution in [0.1, 0.15) is 43.5 Å². The highest BCUT2D eigenvalue weighted by Crippen LogP contribution is 2.28. The van der Waals surface area contributed by atoms with Gasteiger partial charge in [0.2, 0.25) is 5.91 Å². The molecule has 1 aromatic carbocycles. The molecule has 0 aliphatic carbocycles. The van der Waals surface area contributed by atoms with Crippen molar-refractivity contribution in [2.45, 2.75) is 51.7 Å². The van der Waals surface area contributed by atoms with E-state index in [1.807, 2.05) is 0 Å². The van der Waals surface area contributed by atoms with Crippen LogP contribution in [0.5, 0.6) is 5.88 Å². The van der Waals surface area contributed by atoms with Crippen LogP contribution in [0.2, 0.25) is 5.02 Å².